The molecule has 0 spiro atoms. The van der Waals surface area contributed by atoms with Crippen LogP contribution in [0.15, 0.2) is 83.1 Å². The van der Waals surface area contributed by atoms with Crippen LogP contribution >= 0.6 is 11.6 Å². The second-order valence-electron chi connectivity index (χ2n) is 8.36. The Balaban J connectivity index is 1.56. The fourth-order valence-electron chi connectivity index (χ4n) is 3.53. The summed E-state index contributed by atoms with van der Waals surface area (Å²) in [6, 6.07) is 14.5. The number of ether oxygens (including phenoxy) is 1. The Morgan fingerprint density at radius 3 is 2.57 bits per heavy atom. The van der Waals surface area contributed by atoms with Gasteiger partial charge >= 0.3 is 5.97 Å². The van der Waals surface area contributed by atoms with E-state index in [2.05, 4.69) is 15.6 Å². The van der Waals surface area contributed by atoms with E-state index in [1.54, 1.807) is 47.2 Å². The number of hydrogen-bond acceptors (Lipinski definition) is 6. The number of nitrogens with one attached hydrogen (secondary N) is 2. The summed E-state index contributed by atoms with van der Waals surface area (Å²) < 4.78 is 7.41. The number of carbonyl (C=O) groups is 1. The Morgan fingerprint density at radius 1 is 1.20 bits per heavy atom. The molecule has 35 heavy (non-hydrogen) atoms. The SMILES string of the molecule is CC(C)c1cnc(Nc2ccc(OC3=CC(C(=O)O)=CNC3)cc2)n(Cc2ccc(Cl)cc2)c1=O. The topological polar surface area (TPSA) is 105 Å². The number of carboxylic acid groups (broad SMARTS) is 1. The van der Waals surface area contributed by atoms with Gasteiger partial charge in [-0.25, -0.2) is 9.78 Å². The van der Waals surface area contributed by atoms with Crippen molar-refractivity contribution in [2.75, 3.05) is 11.9 Å². The second kappa shape index (κ2) is 10.5. The zero-order valence-corrected chi connectivity index (χ0v) is 20.0. The van der Waals surface area contributed by atoms with Gasteiger partial charge in [0.05, 0.1) is 18.7 Å². The highest BCUT2D eigenvalue weighted by atomic mass is 35.5. The zero-order chi connectivity index (χ0) is 24.9. The van der Waals surface area contributed by atoms with Gasteiger partial charge in [0.25, 0.3) is 5.56 Å². The molecule has 4 rings (SSSR count). The number of dihydropyridines is 1. The van der Waals surface area contributed by atoms with Gasteiger partial charge in [0.1, 0.15) is 11.5 Å². The Bertz CT molecular complexity index is 1340. The van der Waals surface area contributed by atoms with E-state index in [9.17, 15) is 9.59 Å². The summed E-state index contributed by atoms with van der Waals surface area (Å²) in [5, 5.41) is 15.9. The van der Waals surface area contributed by atoms with Crippen LogP contribution in [0, 0.1) is 0 Å². The zero-order valence-electron chi connectivity index (χ0n) is 19.3. The predicted molar refractivity (Wildman–Crippen MR) is 135 cm³/mol. The maximum absolute atomic E-state index is 13.2. The molecule has 0 saturated heterocycles. The first-order valence-electron chi connectivity index (χ1n) is 11.1. The lowest BCUT2D eigenvalue weighted by Crippen LogP contribution is -2.28. The average Bonchev–Trinajstić information content (AvgIpc) is 2.84. The van der Waals surface area contributed by atoms with E-state index >= 15 is 0 Å². The van der Waals surface area contributed by atoms with E-state index < -0.39 is 5.97 Å². The molecule has 1 aromatic heterocycles. The highest BCUT2D eigenvalue weighted by molar-refractivity contribution is 6.30. The van der Waals surface area contributed by atoms with Gasteiger partial charge in [-0.2, -0.15) is 0 Å². The number of halogens is 1. The second-order valence-corrected chi connectivity index (χ2v) is 8.79. The van der Waals surface area contributed by atoms with Crippen molar-refractivity contribution < 1.29 is 14.6 Å². The highest BCUT2D eigenvalue weighted by Gasteiger charge is 2.15. The number of rotatable bonds is 8. The largest absolute Gasteiger partial charge is 0.478 e. The lowest BCUT2D eigenvalue weighted by atomic mass is 10.1. The summed E-state index contributed by atoms with van der Waals surface area (Å²) >= 11 is 6.01. The van der Waals surface area contributed by atoms with E-state index in [0.29, 0.717) is 46.8 Å². The molecule has 9 heteroatoms. The monoisotopic (exact) mass is 492 g/mol. The Hall–Kier alpha value is -4.04. The van der Waals surface area contributed by atoms with Gasteiger partial charge < -0.3 is 20.5 Å². The predicted octanol–water partition coefficient (Wildman–Crippen LogP) is 4.65. The van der Waals surface area contributed by atoms with Crippen molar-refractivity contribution in [1.82, 2.24) is 14.9 Å². The standard InChI is InChI=1S/C26H25ClN4O4/c1-16(2)23-14-29-26(31(24(23)32)15-17-3-5-19(27)6-4-17)30-20-7-9-21(10-8-20)35-22-11-18(25(33)34)12-28-13-22/h3-12,14,16,28H,13,15H2,1-2H3,(H,29,30)(H,33,34). The summed E-state index contributed by atoms with van der Waals surface area (Å²) in [4.78, 5) is 28.9. The molecule has 1 aliphatic heterocycles. The summed E-state index contributed by atoms with van der Waals surface area (Å²) in [6.45, 7) is 4.65. The number of aliphatic carboxylic acids is 1. The van der Waals surface area contributed by atoms with Gasteiger partial charge in [-0.05, 0) is 54.0 Å². The van der Waals surface area contributed by atoms with E-state index in [0.717, 1.165) is 5.56 Å². The molecule has 2 heterocycles. The first kappa shape index (κ1) is 24.1. The van der Waals surface area contributed by atoms with Crippen LogP contribution in [-0.2, 0) is 11.3 Å². The molecule has 0 unspecified atom stereocenters. The van der Waals surface area contributed by atoms with Gasteiger partial charge in [-0.3, -0.25) is 9.36 Å². The van der Waals surface area contributed by atoms with Crippen LogP contribution in [0.25, 0.3) is 0 Å². The van der Waals surface area contributed by atoms with E-state index in [4.69, 9.17) is 21.4 Å². The Kier molecular flexibility index (Phi) is 7.22. The first-order chi connectivity index (χ1) is 16.8. The molecule has 2 aromatic carbocycles. The van der Waals surface area contributed by atoms with Crippen molar-refractivity contribution in [1.29, 1.82) is 0 Å². The molecular formula is C26H25ClN4O4. The molecule has 3 N–H and O–H groups in total. The van der Waals surface area contributed by atoms with E-state index in [-0.39, 0.29) is 17.1 Å². The minimum absolute atomic E-state index is 0.0389. The smallest absolute Gasteiger partial charge is 0.337 e. The number of carboxylic acids is 1. The third-order valence-electron chi connectivity index (χ3n) is 5.41. The van der Waals surface area contributed by atoms with Crippen molar-refractivity contribution in [3.8, 4) is 5.75 Å². The highest BCUT2D eigenvalue weighted by Crippen LogP contribution is 2.22. The maximum atomic E-state index is 13.2. The van der Waals surface area contributed by atoms with Gasteiger partial charge in [0.15, 0.2) is 0 Å². The van der Waals surface area contributed by atoms with Gasteiger partial charge in [0, 0.05) is 28.7 Å². The van der Waals surface area contributed by atoms with Crippen molar-refractivity contribution in [2.24, 2.45) is 0 Å². The van der Waals surface area contributed by atoms with Crippen molar-refractivity contribution in [3.63, 3.8) is 0 Å². The third-order valence-corrected chi connectivity index (χ3v) is 5.66. The van der Waals surface area contributed by atoms with Gasteiger partial charge in [0.2, 0.25) is 5.95 Å². The number of aromatic nitrogens is 2. The summed E-state index contributed by atoms with van der Waals surface area (Å²) in [7, 11) is 0. The van der Waals surface area contributed by atoms with E-state index in [1.807, 2.05) is 26.0 Å². The molecule has 0 saturated carbocycles. The number of nitrogens with zero attached hydrogens (tertiary/aromatic N) is 2. The molecule has 0 aliphatic carbocycles. The quantitative estimate of drug-likeness (QED) is 0.420. The van der Waals surface area contributed by atoms with Crippen molar-refractivity contribution in [2.45, 2.75) is 26.3 Å². The first-order valence-corrected chi connectivity index (χ1v) is 11.4. The van der Waals surface area contributed by atoms with Crippen LogP contribution in [0.2, 0.25) is 5.02 Å². The fraction of sp³-hybridized carbons (Fsp3) is 0.192. The lowest BCUT2D eigenvalue weighted by Gasteiger charge is -2.17. The number of benzene rings is 2. The Labute approximate surface area is 207 Å². The molecule has 8 nitrogen and oxygen atoms in total. The Morgan fingerprint density at radius 2 is 1.91 bits per heavy atom. The van der Waals surface area contributed by atoms with Crippen LogP contribution in [0.5, 0.6) is 5.75 Å². The maximum Gasteiger partial charge on any atom is 0.337 e. The van der Waals surface area contributed by atoms with Crippen LogP contribution < -0.4 is 20.9 Å². The van der Waals surface area contributed by atoms with Gasteiger partial charge in [-0.15, -0.1) is 0 Å². The minimum atomic E-state index is -1.03. The molecule has 3 aromatic rings. The van der Waals surface area contributed by atoms with Crippen LogP contribution in [-0.4, -0.2) is 27.2 Å². The molecule has 0 bridgehead atoms. The normalized spacial score (nSPS) is 13.0. The average molecular weight is 493 g/mol. The molecule has 180 valence electrons. The fourth-order valence-corrected chi connectivity index (χ4v) is 3.65. The van der Waals surface area contributed by atoms with Crippen molar-refractivity contribution in [3.05, 3.63) is 105 Å². The molecule has 0 radical (unpaired) electrons. The van der Waals surface area contributed by atoms with Crippen LogP contribution in [0.3, 0.4) is 0 Å². The van der Waals surface area contributed by atoms with Crippen molar-refractivity contribution >= 4 is 29.2 Å². The van der Waals surface area contributed by atoms with Gasteiger partial charge in [-0.1, -0.05) is 37.6 Å². The summed E-state index contributed by atoms with van der Waals surface area (Å²) in [5.74, 6) is 0.471. The third kappa shape index (κ3) is 5.91. The molecular weight excluding hydrogens is 468 g/mol. The summed E-state index contributed by atoms with van der Waals surface area (Å²) in [5.41, 5.74) is 2.30. The molecule has 0 atom stereocenters. The summed E-state index contributed by atoms with van der Waals surface area (Å²) in [6.07, 6.45) is 4.53. The minimum Gasteiger partial charge on any atom is -0.478 e. The number of anilines is 2. The van der Waals surface area contributed by atoms with Crippen LogP contribution in [0.1, 0.15) is 30.9 Å². The molecule has 1 aliphatic rings. The lowest BCUT2D eigenvalue weighted by molar-refractivity contribution is -0.132. The van der Waals surface area contributed by atoms with Crippen LogP contribution in [0.4, 0.5) is 11.6 Å². The number of hydrogen-bond donors (Lipinski definition) is 3. The van der Waals surface area contributed by atoms with E-state index in [1.165, 1.54) is 12.3 Å². The molecule has 0 amide bonds. The molecule has 0 fully saturated rings.